The lowest BCUT2D eigenvalue weighted by atomic mass is 10.1. The minimum absolute atomic E-state index is 0. The normalized spacial score (nSPS) is 14.0. The van der Waals surface area contributed by atoms with Gasteiger partial charge >= 0.3 is 0 Å². The summed E-state index contributed by atoms with van der Waals surface area (Å²) in [7, 11) is 0. The van der Waals surface area contributed by atoms with E-state index in [4.69, 9.17) is 4.74 Å². The summed E-state index contributed by atoms with van der Waals surface area (Å²) in [6.07, 6.45) is 0. The SMILES string of the molecule is Cl.O=C(c1ccc(COc2ccccc2)cc1)N1CCNCC1. The molecule has 1 saturated heterocycles. The number of hydrogen-bond donors (Lipinski definition) is 1. The lowest BCUT2D eigenvalue weighted by Crippen LogP contribution is -2.46. The van der Waals surface area contributed by atoms with E-state index >= 15 is 0 Å². The molecule has 0 unspecified atom stereocenters. The third-order valence-electron chi connectivity index (χ3n) is 3.75. The van der Waals surface area contributed by atoms with Crippen LogP contribution in [-0.4, -0.2) is 37.0 Å². The Kier molecular flexibility index (Phi) is 6.44. The zero-order valence-corrected chi connectivity index (χ0v) is 13.7. The minimum Gasteiger partial charge on any atom is -0.489 e. The Morgan fingerprint density at radius 1 is 1.00 bits per heavy atom. The number of carbonyl (C=O) groups is 1. The number of nitrogens with zero attached hydrogens (tertiary/aromatic N) is 1. The number of benzene rings is 2. The van der Waals surface area contributed by atoms with Crippen LogP contribution in [0.2, 0.25) is 0 Å². The number of amides is 1. The topological polar surface area (TPSA) is 41.6 Å². The van der Waals surface area contributed by atoms with Crippen LogP contribution in [0.5, 0.6) is 5.75 Å². The van der Waals surface area contributed by atoms with E-state index in [2.05, 4.69) is 5.32 Å². The van der Waals surface area contributed by atoms with Crippen molar-refractivity contribution in [2.24, 2.45) is 0 Å². The summed E-state index contributed by atoms with van der Waals surface area (Å²) < 4.78 is 5.71. The van der Waals surface area contributed by atoms with Crippen LogP contribution in [0.15, 0.2) is 54.6 Å². The number of piperazine rings is 1. The van der Waals surface area contributed by atoms with Crippen molar-refractivity contribution in [2.75, 3.05) is 26.2 Å². The summed E-state index contributed by atoms with van der Waals surface area (Å²) in [4.78, 5) is 14.3. The molecule has 2 aromatic carbocycles. The Balaban J connectivity index is 0.00000192. The highest BCUT2D eigenvalue weighted by molar-refractivity contribution is 5.94. The highest BCUT2D eigenvalue weighted by atomic mass is 35.5. The van der Waals surface area contributed by atoms with Gasteiger partial charge in [0.25, 0.3) is 5.91 Å². The van der Waals surface area contributed by atoms with Crippen molar-refractivity contribution < 1.29 is 9.53 Å². The van der Waals surface area contributed by atoms with Crippen molar-refractivity contribution in [3.05, 3.63) is 65.7 Å². The van der Waals surface area contributed by atoms with Gasteiger partial charge in [0, 0.05) is 31.7 Å². The molecule has 122 valence electrons. The van der Waals surface area contributed by atoms with E-state index in [1.54, 1.807) is 0 Å². The second-order valence-electron chi connectivity index (χ2n) is 5.34. The van der Waals surface area contributed by atoms with Crippen molar-refractivity contribution in [3.63, 3.8) is 0 Å². The Hall–Kier alpha value is -2.04. The zero-order chi connectivity index (χ0) is 15.2. The van der Waals surface area contributed by atoms with Crippen LogP contribution in [0.25, 0.3) is 0 Å². The molecular weight excluding hydrogens is 312 g/mol. The summed E-state index contributed by atoms with van der Waals surface area (Å²) in [5.41, 5.74) is 1.80. The maximum Gasteiger partial charge on any atom is 0.253 e. The maximum absolute atomic E-state index is 12.4. The predicted octanol–water partition coefficient (Wildman–Crippen LogP) is 2.73. The third kappa shape index (κ3) is 4.71. The average molecular weight is 333 g/mol. The standard InChI is InChI=1S/C18H20N2O2.ClH/c21-18(20-12-10-19-11-13-20)16-8-6-15(7-9-16)14-22-17-4-2-1-3-5-17;/h1-9,19H,10-14H2;1H. The molecule has 1 N–H and O–H groups in total. The lowest BCUT2D eigenvalue weighted by molar-refractivity contribution is 0.0736. The Morgan fingerprint density at radius 2 is 1.65 bits per heavy atom. The monoisotopic (exact) mass is 332 g/mol. The average Bonchev–Trinajstić information content (AvgIpc) is 2.61. The van der Waals surface area contributed by atoms with Crippen LogP contribution in [0.4, 0.5) is 0 Å². The molecule has 0 aliphatic carbocycles. The van der Waals surface area contributed by atoms with Gasteiger partial charge in [-0.05, 0) is 29.8 Å². The molecule has 2 aromatic rings. The van der Waals surface area contributed by atoms with Crippen molar-refractivity contribution in [3.8, 4) is 5.75 Å². The van der Waals surface area contributed by atoms with Gasteiger partial charge < -0.3 is 15.0 Å². The number of ether oxygens (including phenoxy) is 1. The van der Waals surface area contributed by atoms with Gasteiger partial charge in [-0.1, -0.05) is 30.3 Å². The smallest absolute Gasteiger partial charge is 0.253 e. The lowest BCUT2D eigenvalue weighted by Gasteiger charge is -2.27. The van der Waals surface area contributed by atoms with Crippen molar-refractivity contribution >= 4 is 18.3 Å². The van der Waals surface area contributed by atoms with E-state index < -0.39 is 0 Å². The molecule has 5 heteroatoms. The van der Waals surface area contributed by atoms with E-state index in [-0.39, 0.29) is 18.3 Å². The van der Waals surface area contributed by atoms with Crippen LogP contribution in [0.3, 0.4) is 0 Å². The van der Waals surface area contributed by atoms with E-state index in [0.717, 1.165) is 43.1 Å². The van der Waals surface area contributed by atoms with Crippen LogP contribution >= 0.6 is 12.4 Å². The largest absolute Gasteiger partial charge is 0.489 e. The summed E-state index contributed by atoms with van der Waals surface area (Å²) in [6, 6.07) is 17.4. The van der Waals surface area contributed by atoms with Gasteiger partial charge in [0.1, 0.15) is 12.4 Å². The first-order valence-electron chi connectivity index (χ1n) is 7.60. The molecule has 1 heterocycles. The molecule has 0 aromatic heterocycles. The summed E-state index contributed by atoms with van der Waals surface area (Å²) in [6.45, 7) is 3.80. The Labute approximate surface area is 142 Å². The maximum atomic E-state index is 12.4. The molecule has 1 aliphatic rings. The van der Waals surface area contributed by atoms with E-state index in [1.807, 2.05) is 59.5 Å². The number of hydrogen-bond acceptors (Lipinski definition) is 3. The van der Waals surface area contributed by atoms with E-state index in [1.165, 1.54) is 0 Å². The van der Waals surface area contributed by atoms with Crippen LogP contribution in [0.1, 0.15) is 15.9 Å². The Morgan fingerprint density at radius 3 is 2.30 bits per heavy atom. The first-order chi connectivity index (χ1) is 10.8. The first-order valence-corrected chi connectivity index (χ1v) is 7.60. The minimum atomic E-state index is 0. The van der Waals surface area contributed by atoms with Gasteiger partial charge in [-0.3, -0.25) is 4.79 Å². The summed E-state index contributed by atoms with van der Waals surface area (Å²) >= 11 is 0. The van der Waals surface area contributed by atoms with Crippen molar-refractivity contribution in [2.45, 2.75) is 6.61 Å². The fourth-order valence-corrected chi connectivity index (χ4v) is 2.48. The fraction of sp³-hybridized carbons (Fsp3) is 0.278. The molecule has 1 amide bonds. The predicted molar refractivity (Wildman–Crippen MR) is 93.2 cm³/mol. The molecule has 4 nitrogen and oxygen atoms in total. The van der Waals surface area contributed by atoms with Gasteiger partial charge in [-0.2, -0.15) is 0 Å². The number of rotatable bonds is 4. The van der Waals surface area contributed by atoms with Crippen LogP contribution in [0, 0.1) is 0 Å². The molecule has 0 bridgehead atoms. The van der Waals surface area contributed by atoms with E-state index in [9.17, 15) is 4.79 Å². The summed E-state index contributed by atoms with van der Waals surface area (Å²) in [5.74, 6) is 0.959. The molecule has 1 fully saturated rings. The zero-order valence-electron chi connectivity index (χ0n) is 12.9. The van der Waals surface area contributed by atoms with Gasteiger partial charge in [-0.15, -0.1) is 12.4 Å². The molecule has 23 heavy (non-hydrogen) atoms. The molecular formula is C18H21ClN2O2. The molecule has 1 aliphatic heterocycles. The molecule has 0 atom stereocenters. The molecule has 0 saturated carbocycles. The number of carbonyl (C=O) groups excluding carboxylic acids is 1. The number of nitrogens with one attached hydrogen (secondary N) is 1. The van der Waals surface area contributed by atoms with Crippen LogP contribution in [-0.2, 0) is 6.61 Å². The molecule has 0 spiro atoms. The first kappa shape index (κ1) is 17.3. The second-order valence-corrected chi connectivity index (χ2v) is 5.34. The van der Waals surface area contributed by atoms with Gasteiger partial charge in [0.15, 0.2) is 0 Å². The van der Waals surface area contributed by atoms with Gasteiger partial charge in [0.05, 0.1) is 0 Å². The summed E-state index contributed by atoms with van der Waals surface area (Å²) in [5, 5.41) is 3.25. The highest BCUT2D eigenvalue weighted by Crippen LogP contribution is 2.13. The van der Waals surface area contributed by atoms with Crippen molar-refractivity contribution in [1.82, 2.24) is 10.2 Å². The number of para-hydroxylation sites is 1. The van der Waals surface area contributed by atoms with Crippen LogP contribution < -0.4 is 10.1 Å². The Bertz CT molecular complexity index is 611. The second kappa shape index (κ2) is 8.56. The molecule has 0 radical (unpaired) electrons. The third-order valence-corrected chi connectivity index (χ3v) is 3.75. The highest BCUT2D eigenvalue weighted by Gasteiger charge is 2.17. The van der Waals surface area contributed by atoms with Crippen molar-refractivity contribution in [1.29, 1.82) is 0 Å². The van der Waals surface area contributed by atoms with E-state index in [0.29, 0.717) is 6.61 Å². The number of halogens is 1. The molecule has 3 rings (SSSR count). The van der Waals surface area contributed by atoms with Gasteiger partial charge in [0.2, 0.25) is 0 Å². The fourth-order valence-electron chi connectivity index (χ4n) is 2.48. The van der Waals surface area contributed by atoms with Gasteiger partial charge in [-0.25, -0.2) is 0 Å². The quantitative estimate of drug-likeness (QED) is 0.936.